The number of thiophene rings is 1. The Morgan fingerprint density at radius 2 is 1.97 bits per heavy atom. The third-order valence-electron chi connectivity index (χ3n) is 4.61. The van der Waals surface area contributed by atoms with Gasteiger partial charge in [0.05, 0.1) is 20.0 Å². The maximum atomic E-state index is 12.8. The van der Waals surface area contributed by atoms with E-state index in [2.05, 4.69) is 4.99 Å². The first-order valence-corrected chi connectivity index (χ1v) is 10.4. The summed E-state index contributed by atoms with van der Waals surface area (Å²) in [4.78, 5) is 28.7. The summed E-state index contributed by atoms with van der Waals surface area (Å²) >= 11 is 2.68. The lowest BCUT2D eigenvalue weighted by molar-refractivity contribution is -0.384. The van der Waals surface area contributed by atoms with Crippen LogP contribution in [-0.4, -0.2) is 22.2 Å². The molecule has 0 unspecified atom stereocenters. The Bertz CT molecular complexity index is 1380. The van der Waals surface area contributed by atoms with Crippen LogP contribution in [0.15, 0.2) is 41.4 Å². The van der Waals surface area contributed by atoms with E-state index in [4.69, 9.17) is 9.47 Å². The van der Waals surface area contributed by atoms with Gasteiger partial charge in [-0.05, 0) is 19.1 Å². The maximum Gasteiger partial charge on any atom is 0.289 e. The fraction of sp³-hybridized carbons (Fsp3) is 0.158. The number of nitro groups is 1. The topological polar surface area (TPSA) is 96.0 Å². The first-order chi connectivity index (χ1) is 14.0. The highest BCUT2D eigenvalue weighted by Gasteiger charge is 2.18. The van der Waals surface area contributed by atoms with Crippen LogP contribution in [0.3, 0.4) is 0 Å². The van der Waals surface area contributed by atoms with Gasteiger partial charge in [0, 0.05) is 40.9 Å². The average Bonchev–Trinajstić information content (AvgIpc) is 3.40. The molecule has 0 bridgehead atoms. The van der Waals surface area contributed by atoms with E-state index in [-0.39, 0.29) is 18.4 Å². The quantitative estimate of drug-likeness (QED) is 0.358. The molecule has 146 valence electrons. The van der Waals surface area contributed by atoms with Crippen LogP contribution < -0.4 is 14.3 Å². The van der Waals surface area contributed by atoms with Crippen LogP contribution in [0.4, 0.5) is 5.69 Å². The predicted octanol–water partition coefficient (Wildman–Crippen LogP) is 4.32. The zero-order valence-electron chi connectivity index (χ0n) is 15.1. The molecule has 0 spiro atoms. The molecular formula is C19H13N3O5S2. The molecule has 0 atom stereocenters. The van der Waals surface area contributed by atoms with Crippen molar-refractivity contribution in [2.45, 2.75) is 13.5 Å². The summed E-state index contributed by atoms with van der Waals surface area (Å²) in [7, 11) is 0. The van der Waals surface area contributed by atoms with Gasteiger partial charge in [-0.2, -0.15) is 4.99 Å². The van der Waals surface area contributed by atoms with Gasteiger partial charge in [-0.25, -0.2) is 0 Å². The van der Waals surface area contributed by atoms with Crippen LogP contribution >= 0.6 is 22.7 Å². The molecular weight excluding hydrogens is 414 g/mol. The summed E-state index contributed by atoms with van der Waals surface area (Å²) in [6, 6.07) is 10.0. The third kappa shape index (κ3) is 2.97. The van der Waals surface area contributed by atoms with E-state index < -0.39 is 4.92 Å². The number of nitrogens with zero attached hydrogens (tertiary/aromatic N) is 3. The highest BCUT2D eigenvalue weighted by Crippen LogP contribution is 2.37. The minimum Gasteiger partial charge on any atom is -0.454 e. The second-order valence-corrected chi connectivity index (χ2v) is 8.40. The van der Waals surface area contributed by atoms with Crippen molar-refractivity contribution in [3.8, 4) is 11.5 Å². The number of hydrogen-bond acceptors (Lipinski definition) is 7. The van der Waals surface area contributed by atoms with E-state index in [0.29, 0.717) is 33.1 Å². The summed E-state index contributed by atoms with van der Waals surface area (Å²) < 4.78 is 14.6. The number of nitro benzene ring substituents is 1. The Morgan fingerprint density at radius 1 is 1.17 bits per heavy atom. The molecule has 2 aromatic carbocycles. The number of rotatable bonds is 3. The van der Waals surface area contributed by atoms with Crippen LogP contribution in [-0.2, 0) is 6.54 Å². The zero-order chi connectivity index (χ0) is 20.1. The number of carbonyl (C=O) groups is 1. The Kier molecular flexibility index (Phi) is 4.10. The molecule has 0 fully saturated rings. The van der Waals surface area contributed by atoms with Crippen LogP contribution in [0.1, 0.15) is 16.6 Å². The number of aryl methyl sites for hydroxylation is 1. The first kappa shape index (κ1) is 17.8. The molecule has 2 aromatic heterocycles. The second kappa shape index (κ2) is 6.68. The molecule has 0 aliphatic carbocycles. The lowest BCUT2D eigenvalue weighted by atomic mass is 10.2. The van der Waals surface area contributed by atoms with Gasteiger partial charge < -0.3 is 14.0 Å². The fourth-order valence-electron chi connectivity index (χ4n) is 3.24. The Hall–Kier alpha value is -3.24. The van der Waals surface area contributed by atoms with Gasteiger partial charge in [-0.1, -0.05) is 11.3 Å². The number of non-ortho nitro benzene ring substituents is 1. The van der Waals surface area contributed by atoms with Crippen molar-refractivity contribution in [3.05, 3.63) is 56.2 Å². The maximum absolute atomic E-state index is 12.8. The predicted molar refractivity (Wildman–Crippen MR) is 110 cm³/mol. The number of amides is 1. The van der Waals surface area contributed by atoms with Crippen molar-refractivity contribution < 1.29 is 19.2 Å². The first-order valence-electron chi connectivity index (χ1n) is 8.73. The average molecular weight is 427 g/mol. The minimum atomic E-state index is -0.449. The molecule has 0 radical (unpaired) electrons. The normalized spacial score (nSPS) is 13.5. The third-order valence-corrected chi connectivity index (χ3v) is 6.76. The highest BCUT2D eigenvalue weighted by atomic mass is 32.1. The molecule has 10 heteroatoms. The van der Waals surface area contributed by atoms with E-state index >= 15 is 0 Å². The molecule has 0 saturated carbocycles. The molecule has 1 aliphatic heterocycles. The van der Waals surface area contributed by atoms with Gasteiger partial charge in [0.15, 0.2) is 16.3 Å². The largest absolute Gasteiger partial charge is 0.454 e. The summed E-state index contributed by atoms with van der Waals surface area (Å²) in [5.41, 5.74) is 0.928. The van der Waals surface area contributed by atoms with Crippen LogP contribution in [0, 0.1) is 10.1 Å². The fourth-order valence-corrected chi connectivity index (χ4v) is 5.27. The number of hydrogen-bond donors (Lipinski definition) is 0. The minimum absolute atomic E-state index is 0.00273. The molecule has 4 aromatic rings. The summed E-state index contributed by atoms with van der Waals surface area (Å²) in [6.07, 6.45) is 0. The second-order valence-electron chi connectivity index (χ2n) is 6.31. The Morgan fingerprint density at radius 3 is 2.72 bits per heavy atom. The van der Waals surface area contributed by atoms with E-state index in [0.717, 1.165) is 14.9 Å². The highest BCUT2D eigenvalue weighted by molar-refractivity contribution is 7.21. The van der Waals surface area contributed by atoms with Crippen molar-refractivity contribution >= 4 is 54.6 Å². The Labute approximate surface area is 171 Å². The van der Waals surface area contributed by atoms with Gasteiger partial charge in [0.2, 0.25) is 6.79 Å². The van der Waals surface area contributed by atoms with Gasteiger partial charge >= 0.3 is 0 Å². The van der Waals surface area contributed by atoms with Gasteiger partial charge in [0.1, 0.15) is 0 Å². The molecule has 1 amide bonds. The standard InChI is InChI=1S/C19H13N3O5S2/c1-2-21-12-7-13-14(27-9-26-13)8-16(12)29-19(21)20-18(23)17-6-10-5-11(22(24)25)3-4-15(10)28-17/h3-8H,2,9H2,1H3. The molecule has 0 saturated heterocycles. The number of thiazole rings is 1. The van der Waals surface area contributed by atoms with Gasteiger partial charge in [-0.3, -0.25) is 14.9 Å². The molecule has 3 heterocycles. The number of benzene rings is 2. The van der Waals surface area contributed by atoms with Crippen molar-refractivity contribution in [2.24, 2.45) is 4.99 Å². The smallest absolute Gasteiger partial charge is 0.289 e. The van der Waals surface area contributed by atoms with Gasteiger partial charge in [-0.15, -0.1) is 11.3 Å². The monoisotopic (exact) mass is 427 g/mol. The summed E-state index contributed by atoms with van der Waals surface area (Å²) in [5, 5.41) is 11.6. The number of ether oxygens (including phenoxy) is 2. The van der Waals surface area contributed by atoms with Gasteiger partial charge in [0.25, 0.3) is 11.6 Å². The van der Waals surface area contributed by atoms with E-state index in [9.17, 15) is 14.9 Å². The molecule has 8 nitrogen and oxygen atoms in total. The molecule has 29 heavy (non-hydrogen) atoms. The SMILES string of the molecule is CCn1c(=NC(=O)c2cc3cc([N+](=O)[O-])ccc3s2)sc2cc3c(cc21)OCO3. The van der Waals surface area contributed by atoms with Crippen molar-refractivity contribution in [1.82, 2.24) is 4.57 Å². The van der Waals surface area contributed by atoms with Crippen molar-refractivity contribution in [2.75, 3.05) is 6.79 Å². The van der Waals surface area contributed by atoms with E-state index in [1.807, 2.05) is 23.6 Å². The lowest BCUT2D eigenvalue weighted by Crippen LogP contribution is -2.15. The molecule has 1 aliphatic rings. The van der Waals surface area contributed by atoms with E-state index in [1.54, 1.807) is 12.1 Å². The van der Waals surface area contributed by atoms with Crippen molar-refractivity contribution in [3.63, 3.8) is 0 Å². The van der Waals surface area contributed by atoms with E-state index in [1.165, 1.54) is 34.8 Å². The van der Waals surface area contributed by atoms with Crippen LogP contribution in [0.5, 0.6) is 11.5 Å². The number of aromatic nitrogens is 1. The zero-order valence-corrected chi connectivity index (χ0v) is 16.7. The van der Waals surface area contributed by atoms with Crippen molar-refractivity contribution in [1.29, 1.82) is 0 Å². The van der Waals surface area contributed by atoms with Crippen LogP contribution in [0.25, 0.3) is 20.3 Å². The molecule has 0 N–H and O–H groups in total. The summed E-state index contributed by atoms with van der Waals surface area (Å²) in [5.74, 6) is 0.995. The number of carbonyl (C=O) groups excluding carboxylic acids is 1. The number of fused-ring (bicyclic) bond motifs is 3. The Balaban J connectivity index is 1.59. The lowest BCUT2D eigenvalue weighted by Gasteiger charge is -2.01. The summed E-state index contributed by atoms with van der Waals surface area (Å²) in [6.45, 7) is 2.84. The van der Waals surface area contributed by atoms with Crippen LogP contribution in [0.2, 0.25) is 0 Å². The molecule has 5 rings (SSSR count).